The van der Waals surface area contributed by atoms with Crippen LogP contribution in [-0.4, -0.2) is 21.6 Å². The number of aromatic nitrogens is 3. The number of aryl methyl sites for hydroxylation is 1. The van der Waals surface area contributed by atoms with Crippen molar-refractivity contribution in [3.63, 3.8) is 0 Å². The van der Waals surface area contributed by atoms with Gasteiger partial charge in [-0.2, -0.15) is 22.0 Å². The van der Waals surface area contributed by atoms with Gasteiger partial charge < -0.3 is 4.74 Å². The molecular weight excluding hydrogens is 309 g/mol. The summed E-state index contributed by atoms with van der Waals surface area (Å²) in [6.45, 7) is -1.29. The fraction of sp³-hybridized carbons (Fsp3) is 0.308. The van der Waals surface area contributed by atoms with Gasteiger partial charge in [-0.1, -0.05) is 6.92 Å². The van der Waals surface area contributed by atoms with E-state index in [1.54, 1.807) is 6.92 Å². The number of hydrogen-bond acceptors (Lipinski definition) is 4. The van der Waals surface area contributed by atoms with E-state index in [1.807, 2.05) is 0 Å². The zero-order chi connectivity index (χ0) is 16.3. The van der Waals surface area contributed by atoms with Gasteiger partial charge in [0.1, 0.15) is 0 Å². The Balaban J connectivity index is 2.45. The largest absolute Gasteiger partial charge is 0.451 e. The van der Waals surface area contributed by atoms with Gasteiger partial charge in [0.15, 0.2) is 5.75 Å². The van der Waals surface area contributed by atoms with Crippen LogP contribution < -0.4 is 4.74 Å². The highest BCUT2D eigenvalue weighted by Crippen LogP contribution is 2.32. The van der Waals surface area contributed by atoms with Gasteiger partial charge in [0.25, 0.3) is 0 Å². The van der Waals surface area contributed by atoms with Crippen molar-refractivity contribution >= 4 is 0 Å². The van der Waals surface area contributed by atoms with Crippen LogP contribution in [-0.2, 0) is 12.6 Å². The van der Waals surface area contributed by atoms with Crippen LogP contribution >= 0.6 is 0 Å². The van der Waals surface area contributed by atoms with Gasteiger partial charge in [-0.3, -0.25) is 4.98 Å². The zero-order valence-corrected chi connectivity index (χ0v) is 11.2. The summed E-state index contributed by atoms with van der Waals surface area (Å²) in [5.41, 5.74) is 0.845. The number of rotatable bonds is 4. The summed E-state index contributed by atoms with van der Waals surface area (Å²) in [7, 11) is 0. The second-order valence-electron chi connectivity index (χ2n) is 4.20. The molecule has 4 nitrogen and oxygen atoms in total. The molecule has 2 aromatic rings. The molecule has 0 aliphatic heterocycles. The summed E-state index contributed by atoms with van der Waals surface area (Å²) in [6, 6.07) is 1.45. The Morgan fingerprint density at radius 1 is 1.09 bits per heavy atom. The summed E-state index contributed by atoms with van der Waals surface area (Å²) >= 11 is 0. The predicted octanol–water partition coefficient (Wildman–Crippen LogP) is 3.72. The maximum Gasteiger partial charge on any atom is 0.451 e. The number of pyridine rings is 1. The van der Waals surface area contributed by atoms with E-state index in [4.69, 9.17) is 0 Å². The van der Waals surface area contributed by atoms with Gasteiger partial charge in [-0.15, -0.1) is 0 Å². The van der Waals surface area contributed by atoms with Crippen molar-refractivity contribution < 1.29 is 26.7 Å². The average molecular weight is 319 g/mol. The molecule has 2 heterocycles. The van der Waals surface area contributed by atoms with Crippen molar-refractivity contribution in [1.82, 2.24) is 15.0 Å². The maximum atomic E-state index is 12.4. The van der Waals surface area contributed by atoms with Crippen LogP contribution in [0, 0.1) is 0 Å². The van der Waals surface area contributed by atoms with E-state index in [0.29, 0.717) is 12.1 Å². The molecule has 0 aliphatic carbocycles. The molecule has 0 amide bonds. The predicted molar refractivity (Wildman–Crippen MR) is 66.3 cm³/mol. The van der Waals surface area contributed by atoms with Gasteiger partial charge in [0.05, 0.1) is 6.20 Å². The molecule has 2 aromatic heterocycles. The molecular formula is C13H10F5N3O. The molecule has 0 saturated heterocycles. The molecule has 0 bridgehead atoms. The van der Waals surface area contributed by atoms with Gasteiger partial charge in [-0.25, -0.2) is 9.97 Å². The summed E-state index contributed by atoms with van der Waals surface area (Å²) < 4.78 is 66.4. The Kier molecular flexibility index (Phi) is 4.53. The fourth-order valence-electron chi connectivity index (χ4n) is 1.71. The van der Waals surface area contributed by atoms with Gasteiger partial charge in [0.2, 0.25) is 5.82 Å². The van der Waals surface area contributed by atoms with E-state index in [2.05, 4.69) is 19.7 Å². The van der Waals surface area contributed by atoms with Gasteiger partial charge in [0, 0.05) is 29.2 Å². The molecule has 22 heavy (non-hydrogen) atoms. The molecule has 0 aliphatic rings. The first-order valence-electron chi connectivity index (χ1n) is 6.14. The SMILES string of the molecule is CCc1cc(-c2cnc(C(F)(F)F)nc2)c(OC(F)F)cn1. The summed E-state index contributed by atoms with van der Waals surface area (Å²) in [4.78, 5) is 10.3. The lowest BCUT2D eigenvalue weighted by atomic mass is 10.1. The van der Waals surface area contributed by atoms with E-state index < -0.39 is 18.6 Å². The molecule has 0 spiro atoms. The third kappa shape index (κ3) is 3.66. The lowest BCUT2D eigenvalue weighted by Crippen LogP contribution is -2.10. The molecule has 0 saturated carbocycles. The Bertz CT molecular complexity index is 643. The van der Waals surface area contributed by atoms with Crippen molar-refractivity contribution in [1.29, 1.82) is 0 Å². The molecule has 2 rings (SSSR count). The van der Waals surface area contributed by atoms with Crippen molar-refractivity contribution in [3.05, 3.63) is 36.2 Å². The van der Waals surface area contributed by atoms with E-state index in [-0.39, 0.29) is 16.9 Å². The molecule has 0 fully saturated rings. The highest BCUT2D eigenvalue weighted by atomic mass is 19.4. The Morgan fingerprint density at radius 2 is 1.73 bits per heavy atom. The first kappa shape index (κ1) is 16.1. The first-order valence-corrected chi connectivity index (χ1v) is 6.14. The zero-order valence-electron chi connectivity index (χ0n) is 11.2. The van der Waals surface area contributed by atoms with Gasteiger partial charge in [-0.05, 0) is 12.5 Å². The smallest absolute Gasteiger partial charge is 0.433 e. The number of alkyl halides is 5. The fourth-order valence-corrected chi connectivity index (χ4v) is 1.71. The van der Waals surface area contributed by atoms with Crippen LogP contribution in [0.4, 0.5) is 22.0 Å². The van der Waals surface area contributed by atoms with Crippen molar-refractivity contribution in [2.45, 2.75) is 26.1 Å². The van der Waals surface area contributed by atoms with E-state index in [1.165, 1.54) is 6.07 Å². The van der Waals surface area contributed by atoms with Gasteiger partial charge >= 0.3 is 12.8 Å². The third-order valence-electron chi connectivity index (χ3n) is 2.72. The second-order valence-corrected chi connectivity index (χ2v) is 4.20. The van der Waals surface area contributed by atoms with E-state index >= 15 is 0 Å². The van der Waals surface area contributed by atoms with Crippen molar-refractivity contribution in [2.75, 3.05) is 0 Å². The molecule has 118 valence electrons. The maximum absolute atomic E-state index is 12.4. The molecule has 0 atom stereocenters. The van der Waals surface area contributed by atoms with Crippen LogP contribution in [0.3, 0.4) is 0 Å². The second kappa shape index (κ2) is 6.20. The lowest BCUT2D eigenvalue weighted by Gasteiger charge is -2.12. The summed E-state index contributed by atoms with van der Waals surface area (Å²) in [6.07, 6.45) is -1.25. The standard InChI is InChI=1S/C13H10F5N3O/c1-2-8-3-9(10(6-19-8)22-12(14)15)7-4-20-11(21-5-7)13(16,17)18/h3-6,12H,2H2,1H3. The average Bonchev–Trinajstić information content (AvgIpc) is 2.46. The Labute approximate surface area is 122 Å². The van der Waals surface area contributed by atoms with Crippen LogP contribution in [0.25, 0.3) is 11.1 Å². The highest BCUT2D eigenvalue weighted by molar-refractivity contribution is 5.69. The molecule has 0 radical (unpaired) electrons. The minimum absolute atomic E-state index is 0.126. The van der Waals surface area contributed by atoms with Crippen molar-refractivity contribution in [2.24, 2.45) is 0 Å². The molecule has 0 aromatic carbocycles. The first-order chi connectivity index (χ1) is 10.3. The Morgan fingerprint density at radius 3 is 2.23 bits per heavy atom. The molecule has 0 unspecified atom stereocenters. The third-order valence-corrected chi connectivity index (χ3v) is 2.72. The lowest BCUT2D eigenvalue weighted by molar-refractivity contribution is -0.144. The van der Waals surface area contributed by atoms with Crippen LogP contribution in [0.1, 0.15) is 18.4 Å². The van der Waals surface area contributed by atoms with Crippen LogP contribution in [0.15, 0.2) is 24.7 Å². The summed E-state index contributed by atoms with van der Waals surface area (Å²) in [5.74, 6) is -1.56. The number of halogens is 5. The minimum Gasteiger partial charge on any atom is -0.433 e. The van der Waals surface area contributed by atoms with E-state index in [9.17, 15) is 22.0 Å². The highest BCUT2D eigenvalue weighted by Gasteiger charge is 2.34. The van der Waals surface area contributed by atoms with Crippen molar-refractivity contribution in [3.8, 4) is 16.9 Å². The number of nitrogens with zero attached hydrogens (tertiary/aromatic N) is 3. The van der Waals surface area contributed by atoms with Crippen LogP contribution in [0.5, 0.6) is 5.75 Å². The van der Waals surface area contributed by atoms with Crippen LogP contribution in [0.2, 0.25) is 0 Å². The molecule has 9 heteroatoms. The minimum atomic E-state index is -4.67. The number of ether oxygens (including phenoxy) is 1. The number of hydrogen-bond donors (Lipinski definition) is 0. The quantitative estimate of drug-likeness (QED) is 0.806. The normalized spacial score (nSPS) is 11.8. The topological polar surface area (TPSA) is 47.9 Å². The molecule has 0 N–H and O–H groups in total. The van der Waals surface area contributed by atoms with E-state index in [0.717, 1.165) is 18.6 Å². The monoisotopic (exact) mass is 319 g/mol. The summed E-state index contributed by atoms with van der Waals surface area (Å²) in [5, 5.41) is 0. The Hall–Kier alpha value is -2.32.